The van der Waals surface area contributed by atoms with Crippen LogP contribution in [0.5, 0.6) is 0 Å². The van der Waals surface area contributed by atoms with Gasteiger partial charge in [0, 0.05) is 5.69 Å². The Morgan fingerprint density at radius 3 is 2.32 bits per heavy atom. The van der Waals surface area contributed by atoms with E-state index < -0.39 is 0 Å². The highest BCUT2D eigenvalue weighted by atomic mass is 19.1. The van der Waals surface area contributed by atoms with Gasteiger partial charge in [-0.25, -0.2) is 9.37 Å². The van der Waals surface area contributed by atoms with Crippen molar-refractivity contribution in [2.75, 3.05) is 4.90 Å². The molecule has 0 saturated carbocycles. The molecule has 1 aromatic carbocycles. The molecular weight excluding hydrogens is 283 g/mol. The van der Waals surface area contributed by atoms with E-state index in [-0.39, 0.29) is 5.82 Å². The van der Waals surface area contributed by atoms with Crippen molar-refractivity contribution in [1.82, 2.24) is 4.98 Å². The van der Waals surface area contributed by atoms with Crippen molar-refractivity contribution in [3.05, 3.63) is 71.6 Å². The number of aryl methyl sites for hydroxylation is 2. The van der Waals surface area contributed by atoms with E-state index >= 15 is 0 Å². The highest BCUT2D eigenvalue weighted by Crippen LogP contribution is 2.21. The first-order chi connectivity index (χ1) is 10.6. The number of benzene rings is 1. The zero-order valence-electron chi connectivity index (χ0n) is 12.5. The lowest BCUT2D eigenvalue weighted by molar-refractivity contribution is 0.447. The van der Waals surface area contributed by atoms with Crippen molar-refractivity contribution < 1.29 is 13.2 Å². The number of aromatic nitrogens is 1. The number of hydrogen-bond acceptors (Lipinski definition) is 4. The molecule has 0 aliphatic heterocycles. The summed E-state index contributed by atoms with van der Waals surface area (Å²) in [6, 6.07) is 10.2. The maximum atomic E-state index is 13.1. The van der Waals surface area contributed by atoms with Crippen molar-refractivity contribution in [2.45, 2.75) is 26.9 Å². The molecule has 3 rings (SSSR count). The number of oxazole rings is 1. The highest BCUT2D eigenvalue weighted by Gasteiger charge is 2.13. The first kappa shape index (κ1) is 14.4. The summed E-state index contributed by atoms with van der Waals surface area (Å²) in [5, 5.41) is 0. The summed E-state index contributed by atoms with van der Waals surface area (Å²) in [6.45, 7) is 4.80. The van der Waals surface area contributed by atoms with Gasteiger partial charge < -0.3 is 13.7 Å². The van der Waals surface area contributed by atoms with E-state index in [9.17, 15) is 4.39 Å². The van der Waals surface area contributed by atoms with Gasteiger partial charge in [-0.3, -0.25) is 0 Å². The van der Waals surface area contributed by atoms with Crippen LogP contribution in [0.2, 0.25) is 0 Å². The predicted octanol–water partition coefficient (Wildman–Crippen LogP) is 4.23. The van der Waals surface area contributed by atoms with Gasteiger partial charge in [-0.2, -0.15) is 0 Å². The number of hydrogen-bond donors (Lipinski definition) is 0. The Morgan fingerprint density at radius 2 is 1.73 bits per heavy atom. The summed E-state index contributed by atoms with van der Waals surface area (Å²) in [4.78, 5) is 6.26. The average molecular weight is 300 g/mol. The molecule has 0 aliphatic rings. The smallest absolute Gasteiger partial charge is 0.213 e. The molecule has 0 aliphatic carbocycles. The molecule has 5 heteroatoms. The molecule has 3 aromatic rings. The van der Waals surface area contributed by atoms with Crippen molar-refractivity contribution in [3.8, 4) is 0 Å². The van der Waals surface area contributed by atoms with E-state index in [1.165, 1.54) is 12.1 Å². The van der Waals surface area contributed by atoms with Gasteiger partial charge in [0.05, 0.1) is 19.3 Å². The van der Waals surface area contributed by atoms with Gasteiger partial charge in [-0.05, 0) is 50.2 Å². The summed E-state index contributed by atoms with van der Waals surface area (Å²) in [5.41, 5.74) is 0.881. The molecule has 114 valence electrons. The molecule has 0 unspecified atom stereocenters. The van der Waals surface area contributed by atoms with Crippen LogP contribution in [0.3, 0.4) is 0 Å². The molecule has 4 nitrogen and oxygen atoms in total. The van der Waals surface area contributed by atoms with Crippen molar-refractivity contribution >= 4 is 5.69 Å². The zero-order valence-corrected chi connectivity index (χ0v) is 12.5. The Labute approximate surface area is 128 Å². The highest BCUT2D eigenvalue weighted by molar-refractivity contribution is 5.46. The Kier molecular flexibility index (Phi) is 3.96. The summed E-state index contributed by atoms with van der Waals surface area (Å²) < 4.78 is 24.3. The maximum absolute atomic E-state index is 13.1. The third-order valence-electron chi connectivity index (χ3n) is 3.33. The lowest BCUT2D eigenvalue weighted by Gasteiger charge is -2.22. The topological polar surface area (TPSA) is 42.4 Å². The zero-order chi connectivity index (χ0) is 15.5. The number of halogens is 1. The van der Waals surface area contributed by atoms with Gasteiger partial charge in [0.25, 0.3) is 0 Å². The molecule has 0 radical (unpaired) electrons. The van der Waals surface area contributed by atoms with Crippen LogP contribution in [-0.2, 0) is 13.1 Å². The first-order valence-electron chi connectivity index (χ1n) is 7.07. The van der Waals surface area contributed by atoms with E-state index in [2.05, 4.69) is 4.98 Å². The largest absolute Gasteiger partial charge is 0.464 e. The Hall–Kier alpha value is -2.56. The van der Waals surface area contributed by atoms with Gasteiger partial charge in [0.1, 0.15) is 23.1 Å². The lowest BCUT2D eigenvalue weighted by Crippen LogP contribution is -2.22. The fraction of sp³-hybridized carbons (Fsp3) is 0.235. The molecular formula is C17H17FN2O2. The standard InChI is InChI=1S/C17H17FN2O2/c1-12-3-8-16(21-12)10-20(11-17-19-9-13(2)22-17)15-6-4-14(18)5-7-15/h3-9H,10-11H2,1-2H3. The summed E-state index contributed by atoms with van der Waals surface area (Å²) >= 11 is 0. The summed E-state index contributed by atoms with van der Waals surface area (Å²) in [7, 11) is 0. The lowest BCUT2D eigenvalue weighted by atomic mass is 10.2. The van der Waals surface area contributed by atoms with Gasteiger partial charge >= 0.3 is 0 Å². The second-order valence-electron chi connectivity index (χ2n) is 5.21. The van der Waals surface area contributed by atoms with Crippen LogP contribution in [0, 0.1) is 19.7 Å². The van der Waals surface area contributed by atoms with Gasteiger partial charge in [-0.15, -0.1) is 0 Å². The molecule has 2 heterocycles. The van der Waals surface area contributed by atoms with Crippen LogP contribution in [-0.4, -0.2) is 4.98 Å². The fourth-order valence-corrected chi connectivity index (χ4v) is 2.29. The molecule has 0 N–H and O–H groups in total. The maximum Gasteiger partial charge on any atom is 0.213 e. The second kappa shape index (κ2) is 6.05. The number of nitrogens with zero attached hydrogens (tertiary/aromatic N) is 2. The Balaban J connectivity index is 1.85. The van der Waals surface area contributed by atoms with Crippen LogP contribution >= 0.6 is 0 Å². The first-order valence-corrected chi connectivity index (χ1v) is 7.07. The van der Waals surface area contributed by atoms with E-state index in [0.29, 0.717) is 19.0 Å². The molecule has 0 bridgehead atoms. The number of rotatable bonds is 5. The second-order valence-corrected chi connectivity index (χ2v) is 5.21. The Morgan fingerprint density at radius 1 is 0.955 bits per heavy atom. The van der Waals surface area contributed by atoms with E-state index in [0.717, 1.165) is 23.0 Å². The minimum absolute atomic E-state index is 0.260. The van der Waals surface area contributed by atoms with Crippen molar-refractivity contribution in [1.29, 1.82) is 0 Å². The average Bonchev–Trinajstić information content (AvgIpc) is 3.08. The number of anilines is 1. The van der Waals surface area contributed by atoms with E-state index in [4.69, 9.17) is 8.83 Å². The molecule has 0 fully saturated rings. The van der Waals surface area contributed by atoms with Crippen LogP contribution in [0.1, 0.15) is 23.2 Å². The minimum Gasteiger partial charge on any atom is -0.464 e. The van der Waals surface area contributed by atoms with Gasteiger partial charge in [-0.1, -0.05) is 0 Å². The van der Waals surface area contributed by atoms with Crippen LogP contribution in [0.25, 0.3) is 0 Å². The summed E-state index contributed by atoms with van der Waals surface area (Å²) in [6.07, 6.45) is 1.69. The molecule has 0 atom stereocenters. The van der Waals surface area contributed by atoms with Gasteiger partial charge in [0.2, 0.25) is 5.89 Å². The SMILES string of the molecule is Cc1ccc(CN(Cc2ncc(C)o2)c2ccc(F)cc2)o1. The minimum atomic E-state index is -0.260. The predicted molar refractivity (Wildman–Crippen MR) is 81.0 cm³/mol. The van der Waals surface area contributed by atoms with Gasteiger partial charge in [0.15, 0.2) is 0 Å². The third kappa shape index (κ3) is 3.36. The quantitative estimate of drug-likeness (QED) is 0.707. The molecule has 0 amide bonds. The molecule has 0 spiro atoms. The molecule has 22 heavy (non-hydrogen) atoms. The molecule has 0 saturated heterocycles. The van der Waals surface area contributed by atoms with E-state index in [1.54, 1.807) is 18.3 Å². The third-order valence-corrected chi connectivity index (χ3v) is 3.33. The van der Waals surface area contributed by atoms with E-state index in [1.807, 2.05) is 30.9 Å². The van der Waals surface area contributed by atoms with Crippen LogP contribution < -0.4 is 4.90 Å². The van der Waals surface area contributed by atoms with Crippen LogP contribution in [0.4, 0.5) is 10.1 Å². The summed E-state index contributed by atoms with van der Waals surface area (Å²) in [5.74, 6) is 2.82. The normalized spacial score (nSPS) is 10.9. The van der Waals surface area contributed by atoms with Crippen LogP contribution in [0.15, 0.2) is 51.4 Å². The van der Waals surface area contributed by atoms with Crippen molar-refractivity contribution in [2.24, 2.45) is 0 Å². The molecule has 2 aromatic heterocycles. The monoisotopic (exact) mass is 300 g/mol. The van der Waals surface area contributed by atoms with Crippen molar-refractivity contribution in [3.63, 3.8) is 0 Å². The fourth-order valence-electron chi connectivity index (χ4n) is 2.29. The number of furan rings is 1. The Bertz CT molecular complexity index is 704.